The third-order valence-corrected chi connectivity index (χ3v) is 5.04. The predicted octanol–water partition coefficient (Wildman–Crippen LogP) is 5.01. The number of fused-ring (bicyclic) bond motifs is 3. The first kappa shape index (κ1) is 13.6. The summed E-state index contributed by atoms with van der Waals surface area (Å²) in [6, 6.07) is 26.5. The molecule has 0 spiro atoms. The molecule has 0 atom stereocenters. The van der Waals surface area contributed by atoms with Gasteiger partial charge < -0.3 is 0 Å². The summed E-state index contributed by atoms with van der Waals surface area (Å²) in [5, 5.41) is 8.05. The Kier molecular flexibility index (Phi) is 3.02. The molecule has 1 aliphatic carbocycles. The summed E-state index contributed by atoms with van der Waals surface area (Å²) in [6.07, 6.45) is 7.06. The first-order valence-corrected chi connectivity index (χ1v) is 8.61. The van der Waals surface area contributed by atoms with E-state index in [-0.39, 0.29) is 0 Å². The average Bonchev–Trinajstić information content (AvgIpc) is 2.65. The number of hydrogen-bond acceptors (Lipinski definition) is 0. The zero-order valence-electron chi connectivity index (χ0n) is 13.5. The SMILES string of the molecule is C1=c2cc3ccccc3c(-c3ccc4ccccc4c3)c2=CCC1. The van der Waals surface area contributed by atoms with E-state index in [1.165, 1.54) is 43.1 Å². The van der Waals surface area contributed by atoms with E-state index in [0.717, 1.165) is 12.8 Å². The van der Waals surface area contributed by atoms with E-state index < -0.39 is 0 Å². The molecule has 0 aliphatic heterocycles. The second-order valence-electron chi connectivity index (χ2n) is 6.52. The van der Waals surface area contributed by atoms with Crippen molar-refractivity contribution in [3.8, 4) is 11.1 Å². The fraction of sp³-hybridized carbons (Fsp3) is 0.0833. The first-order valence-electron chi connectivity index (χ1n) is 8.61. The standard InChI is InChI=1S/C24H18/c1-2-8-18-15-21(14-13-17(18)7-1)24-22-11-5-3-9-19(22)16-20-10-4-6-12-23(20)24/h1-3,5,7-16H,4,6H2. The van der Waals surface area contributed by atoms with Crippen LogP contribution in [0.25, 0.3) is 44.8 Å². The van der Waals surface area contributed by atoms with Gasteiger partial charge in [-0.25, -0.2) is 0 Å². The van der Waals surface area contributed by atoms with Gasteiger partial charge in [-0.15, -0.1) is 0 Å². The highest BCUT2D eigenvalue weighted by Crippen LogP contribution is 2.28. The van der Waals surface area contributed by atoms with Gasteiger partial charge in [0, 0.05) is 0 Å². The zero-order chi connectivity index (χ0) is 15.9. The molecule has 0 heteroatoms. The molecule has 0 saturated heterocycles. The molecule has 4 aromatic rings. The zero-order valence-corrected chi connectivity index (χ0v) is 13.5. The Hall–Kier alpha value is -2.86. The van der Waals surface area contributed by atoms with Crippen molar-refractivity contribution in [2.24, 2.45) is 0 Å². The molecule has 114 valence electrons. The maximum Gasteiger partial charge on any atom is -0.00299 e. The van der Waals surface area contributed by atoms with E-state index in [1.54, 1.807) is 0 Å². The van der Waals surface area contributed by atoms with Gasteiger partial charge in [0.15, 0.2) is 0 Å². The first-order chi connectivity index (χ1) is 11.9. The molecule has 0 N–H and O–H groups in total. The van der Waals surface area contributed by atoms with Gasteiger partial charge in [-0.05, 0) is 68.1 Å². The minimum absolute atomic E-state index is 1.13. The van der Waals surface area contributed by atoms with Crippen LogP contribution in [0.5, 0.6) is 0 Å². The van der Waals surface area contributed by atoms with Crippen LogP contribution in [0.4, 0.5) is 0 Å². The molecule has 0 amide bonds. The van der Waals surface area contributed by atoms with Gasteiger partial charge in [0.05, 0.1) is 0 Å². The minimum atomic E-state index is 1.13. The van der Waals surface area contributed by atoms with Crippen molar-refractivity contribution in [2.75, 3.05) is 0 Å². The van der Waals surface area contributed by atoms with E-state index in [4.69, 9.17) is 0 Å². The van der Waals surface area contributed by atoms with Gasteiger partial charge in [-0.1, -0.05) is 72.8 Å². The molecule has 0 heterocycles. The van der Waals surface area contributed by atoms with Gasteiger partial charge in [0.1, 0.15) is 0 Å². The van der Waals surface area contributed by atoms with Gasteiger partial charge in [0.2, 0.25) is 0 Å². The lowest BCUT2D eigenvalue weighted by atomic mass is 9.91. The largest absolute Gasteiger partial charge is 0.0763 e. The molecule has 1 aliphatic rings. The molecule has 0 nitrogen and oxygen atoms in total. The number of benzene rings is 4. The van der Waals surface area contributed by atoms with Gasteiger partial charge in [-0.3, -0.25) is 0 Å². The third kappa shape index (κ3) is 2.07. The predicted molar refractivity (Wildman–Crippen MR) is 104 cm³/mol. The van der Waals surface area contributed by atoms with E-state index in [1.807, 2.05) is 0 Å². The highest BCUT2D eigenvalue weighted by atomic mass is 14.1. The molecule has 0 bridgehead atoms. The summed E-state index contributed by atoms with van der Waals surface area (Å²) in [4.78, 5) is 0. The average molecular weight is 306 g/mol. The van der Waals surface area contributed by atoms with E-state index in [0.29, 0.717) is 0 Å². The topological polar surface area (TPSA) is 0 Å². The van der Waals surface area contributed by atoms with Crippen LogP contribution < -0.4 is 10.4 Å². The minimum Gasteiger partial charge on any atom is -0.0763 e. The van der Waals surface area contributed by atoms with Gasteiger partial charge in [0.25, 0.3) is 0 Å². The Bertz CT molecular complexity index is 1200. The lowest BCUT2D eigenvalue weighted by Crippen LogP contribution is -2.28. The molecule has 4 aromatic carbocycles. The number of rotatable bonds is 1. The molecule has 0 saturated carbocycles. The second-order valence-corrected chi connectivity index (χ2v) is 6.52. The van der Waals surface area contributed by atoms with Crippen LogP contribution in [-0.4, -0.2) is 0 Å². The summed E-state index contributed by atoms with van der Waals surface area (Å²) in [5.74, 6) is 0. The molecule has 5 rings (SSSR count). The summed E-state index contributed by atoms with van der Waals surface area (Å²) < 4.78 is 0. The van der Waals surface area contributed by atoms with Crippen molar-refractivity contribution in [1.82, 2.24) is 0 Å². The Labute approximate surface area is 141 Å². The van der Waals surface area contributed by atoms with Crippen LogP contribution in [0.1, 0.15) is 12.8 Å². The molecule has 0 unspecified atom stereocenters. The summed E-state index contributed by atoms with van der Waals surface area (Å²) in [6.45, 7) is 0. The van der Waals surface area contributed by atoms with Crippen molar-refractivity contribution in [1.29, 1.82) is 0 Å². The molecule has 24 heavy (non-hydrogen) atoms. The summed E-state index contributed by atoms with van der Waals surface area (Å²) >= 11 is 0. The van der Waals surface area contributed by atoms with Crippen LogP contribution in [-0.2, 0) is 0 Å². The van der Waals surface area contributed by atoms with Crippen LogP contribution >= 0.6 is 0 Å². The van der Waals surface area contributed by atoms with Crippen molar-refractivity contribution < 1.29 is 0 Å². The highest BCUT2D eigenvalue weighted by Gasteiger charge is 2.09. The van der Waals surface area contributed by atoms with Crippen LogP contribution in [0.2, 0.25) is 0 Å². The van der Waals surface area contributed by atoms with Crippen LogP contribution in [0.15, 0.2) is 72.8 Å². The van der Waals surface area contributed by atoms with E-state index in [2.05, 4.69) is 84.9 Å². The lowest BCUT2D eigenvalue weighted by Gasteiger charge is -2.13. The van der Waals surface area contributed by atoms with Crippen molar-refractivity contribution >= 4 is 33.7 Å². The quantitative estimate of drug-likeness (QED) is 0.463. The molecule has 0 radical (unpaired) electrons. The normalized spacial score (nSPS) is 13.3. The van der Waals surface area contributed by atoms with Gasteiger partial charge >= 0.3 is 0 Å². The summed E-state index contributed by atoms with van der Waals surface area (Å²) in [7, 11) is 0. The monoisotopic (exact) mass is 306 g/mol. The van der Waals surface area contributed by atoms with Gasteiger partial charge in [-0.2, -0.15) is 0 Å². The molecular weight excluding hydrogens is 288 g/mol. The Morgan fingerprint density at radius 1 is 0.583 bits per heavy atom. The fourth-order valence-electron chi connectivity index (χ4n) is 3.90. The van der Waals surface area contributed by atoms with Crippen LogP contribution in [0, 0.1) is 0 Å². The van der Waals surface area contributed by atoms with E-state index in [9.17, 15) is 0 Å². The molecular formula is C24H18. The Balaban J connectivity index is 1.94. The molecule has 0 aromatic heterocycles. The highest BCUT2D eigenvalue weighted by molar-refractivity contribution is 5.99. The third-order valence-electron chi connectivity index (χ3n) is 5.04. The lowest BCUT2D eigenvalue weighted by molar-refractivity contribution is 1.12. The second kappa shape index (κ2) is 5.35. The maximum absolute atomic E-state index is 2.41. The maximum atomic E-state index is 2.41. The molecule has 0 fully saturated rings. The van der Waals surface area contributed by atoms with Crippen molar-refractivity contribution in [3.63, 3.8) is 0 Å². The Morgan fingerprint density at radius 2 is 1.33 bits per heavy atom. The summed E-state index contributed by atoms with van der Waals surface area (Å²) in [5.41, 5.74) is 2.69. The van der Waals surface area contributed by atoms with Crippen molar-refractivity contribution in [2.45, 2.75) is 12.8 Å². The smallest absolute Gasteiger partial charge is 0.00299 e. The Morgan fingerprint density at radius 3 is 2.25 bits per heavy atom. The van der Waals surface area contributed by atoms with Crippen LogP contribution in [0.3, 0.4) is 0 Å². The fourth-order valence-corrected chi connectivity index (χ4v) is 3.90. The number of hydrogen-bond donors (Lipinski definition) is 0. The van der Waals surface area contributed by atoms with Crippen molar-refractivity contribution in [3.05, 3.63) is 83.2 Å². The van der Waals surface area contributed by atoms with E-state index >= 15 is 0 Å².